The van der Waals surface area contributed by atoms with Gasteiger partial charge < -0.3 is 5.32 Å². The standard InChI is InChI=1S/C22H20N4OS/c1-22(14-23,16-11-12-16)24-19(27)13-28-21-18-10-6-5-9-17(18)20(25-26-21)15-7-3-2-4-8-15/h2-10,16H,11-13H2,1H3,(H,24,27)/t22-/m0/s1. The Morgan fingerprint density at radius 3 is 2.50 bits per heavy atom. The van der Waals surface area contributed by atoms with Crippen LogP contribution in [0.3, 0.4) is 0 Å². The second kappa shape index (κ2) is 7.61. The highest BCUT2D eigenvalue weighted by molar-refractivity contribution is 8.00. The molecular weight excluding hydrogens is 368 g/mol. The summed E-state index contributed by atoms with van der Waals surface area (Å²) >= 11 is 1.35. The fourth-order valence-corrected chi connectivity index (χ4v) is 4.11. The van der Waals surface area contributed by atoms with Gasteiger partial charge >= 0.3 is 0 Å². The highest BCUT2D eigenvalue weighted by Gasteiger charge is 2.42. The monoisotopic (exact) mass is 388 g/mol. The van der Waals surface area contributed by atoms with Gasteiger partial charge in [-0.15, -0.1) is 10.2 Å². The second-order valence-electron chi connectivity index (χ2n) is 7.19. The van der Waals surface area contributed by atoms with Gasteiger partial charge in [0.1, 0.15) is 16.3 Å². The van der Waals surface area contributed by atoms with Gasteiger partial charge in [0.2, 0.25) is 5.91 Å². The zero-order valence-electron chi connectivity index (χ0n) is 15.6. The van der Waals surface area contributed by atoms with Gasteiger partial charge in [0.15, 0.2) is 0 Å². The van der Waals surface area contributed by atoms with Gasteiger partial charge in [-0.3, -0.25) is 4.79 Å². The summed E-state index contributed by atoms with van der Waals surface area (Å²) in [6.45, 7) is 1.80. The van der Waals surface area contributed by atoms with Crippen LogP contribution in [0.4, 0.5) is 0 Å². The lowest BCUT2D eigenvalue weighted by Gasteiger charge is -2.22. The van der Waals surface area contributed by atoms with E-state index in [2.05, 4.69) is 21.6 Å². The van der Waals surface area contributed by atoms with E-state index in [0.29, 0.717) is 0 Å². The highest BCUT2D eigenvalue weighted by atomic mass is 32.2. The molecule has 0 aliphatic heterocycles. The van der Waals surface area contributed by atoms with Crippen molar-refractivity contribution in [2.45, 2.75) is 30.3 Å². The van der Waals surface area contributed by atoms with Crippen LogP contribution in [0, 0.1) is 17.2 Å². The zero-order valence-corrected chi connectivity index (χ0v) is 16.4. The zero-order chi connectivity index (χ0) is 19.6. The summed E-state index contributed by atoms with van der Waals surface area (Å²) in [6, 6.07) is 20.2. The Hall–Kier alpha value is -2.91. The molecule has 1 atom stereocenters. The number of rotatable bonds is 6. The number of fused-ring (bicyclic) bond motifs is 1. The maximum Gasteiger partial charge on any atom is 0.231 e. The summed E-state index contributed by atoms with van der Waals surface area (Å²) in [4.78, 5) is 12.4. The number of carbonyl (C=O) groups is 1. The summed E-state index contributed by atoms with van der Waals surface area (Å²) in [7, 11) is 0. The first-order chi connectivity index (χ1) is 13.6. The number of nitrogens with zero attached hydrogens (tertiary/aromatic N) is 3. The molecule has 28 heavy (non-hydrogen) atoms. The lowest BCUT2D eigenvalue weighted by molar-refractivity contribution is -0.119. The average molecular weight is 388 g/mol. The second-order valence-corrected chi connectivity index (χ2v) is 8.15. The van der Waals surface area contributed by atoms with E-state index in [-0.39, 0.29) is 17.6 Å². The largest absolute Gasteiger partial charge is 0.337 e. The summed E-state index contributed by atoms with van der Waals surface area (Å²) in [6.07, 6.45) is 1.99. The summed E-state index contributed by atoms with van der Waals surface area (Å²) < 4.78 is 0. The normalized spacial score (nSPS) is 15.6. The van der Waals surface area contributed by atoms with Crippen molar-refractivity contribution in [2.75, 3.05) is 5.75 Å². The number of amides is 1. The van der Waals surface area contributed by atoms with Crippen molar-refractivity contribution in [3.63, 3.8) is 0 Å². The fourth-order valence-electron chi connectivity index (χ4n) is 3.34. The molecule has 0 saturated heterocycles. The molecule has 1 aromatic heterocycles. The van der Waals surface area contributed by atoms with E-state index >= 15 is 0 Å². The molecule has 1 saturated carbocycles. The predicted octanol–water partition coefficient (Wildman–Crippen LogP) is 4.20. The van der Waals surface area contributed by atoms with Crippen LogP contribution >= 0.6 is 11.8 Å². The van der Waals surface area contributed by atoms with Gasteiger partial charge in [0, 0.05) is 16.3 Å². The van der Waals surface area contributed by atoms with Crippen LogP contribution in [-0.2, 0) is 4.79 Å². The molecule has 0 radical (unpaired) electrons. The quantitative estimate of drug-likeness (QED) is 0.640. The molecule has 1 N–H and O–H groups in total. The Kier molecular flexibility index (Phi) is 5.01. The van der Waals surface area contributed by atoms with Crippen molar-refractivity contribution in [1.29, 1.82) is 5.26 Å². The van der Waals surface area contributed by atoms with E-state index in [0.717, 1.165) is 39.9 Å². The van der Waals surface area contributed by atoms with Gasteiger partial charge in [-0.1, -0.05) is 66.4 Å². The first kappa shape index (κ1) is 18.5. The third-order valence-corrected chi connectivity index (χ3v) is 6.05. The summed E-state index contributed by atoms with van der Waals surface area (Å²) in [5, 5.41) is 23.8. The molecule has 1 aliphatic rings. The Morgan fingerprint density at radius 1 is 1.14 bits per heavy atom. The smallest absolute Gasteiger partial charge is 0.231 e. The average Bonchev–Trinajstić information content (AvgIpc) is 3.58. The minimum absolute atomic E-state index is 0.154. The molecule has 3 aromatic rings. The lowest BCUT2D eigenvalue weighted by Crippen LogP contribution is -2.47. The van der Waals surface area contributed by atoms with Gasteiger partial charge in [-0.25, -0.2) is 0 Å². The maximum atomic E-state index is 12.4. The Morgan fingerprint density at radius 2 is 1.82 bits per heavy atom. The van der Waals surface area contributed by atoms with Crippen LogP contribution in [-0.4, -0.2) is 27.4 Å². The Balaban J connectivity index is 1.55. The van der Waals surface area contributed by atoms with Crippen LogP contribution in [0.2, 0.25) is 0 Å². The van der Waals surface area contributed by atoms with Gasteiger partial charge in [0.05, 0.1) is 11.8 Å². The highest BCUT2D eigenvalue weighted by Crippen LogP contribution is 2.39. The van der Waals surface area contributed by atoms with Crippen LogP contribution in [0.25, 0.3) is 22.0 Å². The van der Waals surface area contributed by atoms with Crippen molar-refractivity contribution in [3.05, 3.63) is 54.6 Å². The maximum absolute atomic E-state index is 12.4. The van der Waals surface area contributed by atoms with Crippen molar-refractivity contribution >= 4 is 28.4 Å². The first-order valence-corrected chi connectivity index (χ1v) is 10.3. The third kappa shape index (κ3) is 3.71. The van der Waals surface area contributed by atoms with Crippen LogP contribution < -0.4 is 5.32 Å². The fraction of sp³-hybridized carbons (Fsp3) is 0.273. The molecule has 6 heteroatoms. The van der Waals surface area contributed by atoms with Crippen LogP contribution in [0.1, 0.15) is 19.8 Å². The molecule has 4 rings (SSSR count). The Bertz CT molecular complexity index is 1060. The van der Waals surface area contributed by atoms with Gasteiger partial charge in [0.25, 0.3) is 0 Å². The van der Waals surface area contributed by atoms with Gasteiger partial charge in [-0.2, -0.15) is 5.26 Å². The van der Waals surface area contributed by atoms with E-state index in [9.17, 15) is 10.1 Å². The van der Waals surface area contributed by atoms with Crippen LogP contribution in [0.5, 0.6) is 0 Å². The molecule has 0 bridgehead atoms. The molecule has 1 amide bonds. The van der Waals surface area contributed by atoms with Crippen LogP contribution in [0.15, 0.2) is 59.6 Å². The first-order valence-electron chi connectivity index (χ1n) is 9.26. The molecular formula is C22H20N4OS. The van der Waals surface area contributed by atoms with E-state index in [1.807, 2.05) is 54.6 Å². The molecule has 1 aliphatic carbocycles. The SMILES string of the molecule is C[C@@](C#N)(NC(=O)CSc1nnc(-c2ccccc2)c2ccccc12)C1CC1. The molecule has 1 fully saturated rings. The van der Waals surface area contributed by atoms with E-state index in [1.165, 1.54) is 11.8 Å². The molecule has 5 nitrogen and oxygen atoms in total. The third-order valence-electron chi connectivity index (χ3n) is 5.07. The number of carbonyl (C=O) groups excluding carboxylic acids is 1. The number of nitrogens with one attached hydrogen (secondary N) is 1. The summed E-state index contributed by atoms with van der Waals surface area (Å²) in [5.74, 6) is 0.309. The van der Waals surface area contributed by atoms with Crippen molar-refractivity contribution in [3.8, 4) is 17.3 Å². The number of benzene rings is 2. The van der Waals surface area contributed by atoms with E-state index in [4.69, 9.17) is 0 Å². The topological polar surface area (TPSA) is 78.7 Å². The molecule has 0 unspecified atom stereocenters. The minimum Gasteiger partial charge on any atom is -0.337 e. The molecule has 140 valence electrons. The van der Waals surface area contributed by atoms with Crippen molar-refractivity contribution in [1.82, 2.24) is 15.5 Å². The molecule has 1 heterocycles. The molecule has 0 spiro atoms. The van der Waals surface area contributed by atoms with Crippen molar-refractivity contribution < 1.29 is 4.79 Å². The number of hydrogen-bond donors (Lipinski definition) is 1. The van der Waals surface area contributed by atoms with Crippen molar-refractivity contribution in [2.24, 2.45) is 5.92 Å². The molecule has 2 aromatic carbocycles. The van der Waals surface area contributed by atoms with Gasteiger partial charge in [-0.05, 0) is 25.7 Å². The number of thioether (sulfide) groups is 1. The number of nitriles is 1. The van der Waals surface area contributed by atoms with E-state index < -0.39 is 5.54 Å². The number of aromatic nitrogens is 2. The number of hydrogen-bond acceptors (Lipinski definition) is 5. The Labute approximate surface area is 168 Å². The van der Waals surface area contributed by atoms with E-state index in [1.54, 1.807) is 6.92 Å². The summed E-state index contributed by atoms with van der Waals surface area (Å²) in [5.41, 5.74) is 1.06. The lowest BCUT2D eigenvalue weighted by atomic mass is 9.98. The minimum atomic E-state index is -0.775. The predicted molar refractivity (Wildman–Crippen MR) is 111 cm³/mol.